The van der Waals surface area contributed by atoms with Gasteiger partial charge in [-0.1, -0.05) is 0 Å². The molecule has 2 heterocycles. The number of hydrogen-bond acceptors (Lipinski definition) is 4. The molecular formula is C11H14BrN3O2. The summed E-state index contributed by atoms with van der Waals surface area (Å²) < 4.78 is 5.98. The molecule has 0 fully saturated rings. The van der Waals surface area contributed by atoms with Crippen LogP contribution in [0.2, 0.25) is 0 Å². The van der Waals surface area contributed by atoms with Crippen LogP contribution in [0, 0.1) is 0 Å². The normalized spacial score (nSPS) is 15.5. The molecule has 5 nitrogen and oxygen atoms in total. The Morgan fingerprint density at radius 3 is 2.94 bits per heavy atom. The summed E-state index contributed by atoms with van der Waals surface area (Å²) in [7, 11) is 0. The minimum Gasteiger partial charge on any atom is -0.480 e. The predicted molar refractivity (Wildman–Crippen MR) is 68.1 cm³/mol. The third-order valence-electron chi connectivity index (χ3n) is 2.28. The molecule has 0 saturated carbocycles. The van der Waals surface area contributed by atoms with Gasteiger partial charge in [0.25, 0.3) is 5.91 Å². The number of nitrogens with two attached hydrogens (primary N) is 1. The van der Waals surface area contributed by atoms with Crippen molar-refractivity contribution in [3.05, 3.63) is 16.7 Å². The maximum Gasteiger partial charge on any atom is 0.266 e. The molecule has 0 aromatic carbocycles. The van der Waals surface area contributed by atoms with Crippen molar-refractivity contribution < 1.29 is 9.53 Å². The highest BCUT2D eigenvalue weighted by molar-refractivity contribution is 9.10. The molecule has 1 aliphatic rings. The van der Waals surface area contributed by atoms with Crippen molar-refractivity contribution in [1.29, 1.82) is 0 Å². The van der Waals surface area contributed by atoms with Crippen LogP contribution in [0.15, 0.2) is 16.7 Å². The lowest BCUT2D eigenvalue weighted by atomic mass is 10.1. The summed E-state index contributed by atoms with van der Waals surface area (Å²) in [6, 6.07) is 3.57. The molecule has 0 bridgehead atoms. The van der Waals surface area contributed by atoms with Crippen LogP contribution in [0.1, 0.15) is 13.8 Å². The van der Waals surface area contributed by atoms with Gasteiger partial charge in [0, 0.05) is 12.1 Å². The fourth-order valence-electron chi connectivity index (χ4n) is 1.62. The van der Waals surface area contributed by atoms with E-state index in [0.717, 1.165) is 0 Å². The number of aromatic nitrogens is 1. The average molecular weight is 300 g/mol. The van der Waals surface area contributed by atoms with E-state index in [9.17, 15) is 4.79 Å². The Kier molecular flexibility index (Phi) is 3.09. The number of halogens is 1. The van der Waals surface area contributed by atoms with Gasteiger partial charge in [0.2, 0.25) is 0 Å². The summed E-state index contributed by atoms with van der Waals surface area (Å²) in [5.74, 6) is 1.01. The molecule has 0 unspecified atom stereocenters. The first-order chi connectivity index (χ1) is 7.87. The van der Waals surface area contributed by atoms with Gasteiger partial charge in [-0.05, 0) is 41.9 Å². The quantitative estimate of drug-likeness (QED) is 0.836. The van der Waals surface area contributed by atoms with E-state index in [1.54, 1.807) is 17.0 Å². The molecule has 1 aromatic rings. The first-order valence-electron chi connectivity index (χ1n) is 5.25. The molecule has 1 aromatic heterocycles. The number of amides is 1. The van der Waals surface area contributed by atoms with E-state index in [-0.39, 0.29) is 12.5 Å². The van der Waals surface area contributed by atoms with E-state index in [4.69, 9.17) is 10.5 Å². The second-order valence-electron chi connectivity index (χ2n) is 4.71. The fraction of sp³-hybridized carbons (Fsp3) is 0.455. The van der Waals surface area contributed by atoms with Crippen LogP contribution in [0.5, 0.6) is 5.75 Å². The summed E-state index contributed by atoms with van der Waals surface area (Å²) in [4.78, 5) is 17.7. The molecule has 2 rings (SSSR count). The zero-order valence-electron chi connectivity index (χ0n) is 9.74. The first-order valence-corrected chi connectivity index (χ1v) is 6.05. The van der Waals surface area contributed by atoms with Gasteiger partial charge in [0.1, 0.15) is 4.60 Å². The van der Waals surface area contributed by atoms with Gasteiger partial charge >= 0.3 is 0 Å². The number of nitrogens with zero attached hydrogens (tertiary/aromatic N) is 2. The van der Waals surface area contributed by atoms with Crippen molar-refractivity contribution in [3.8, 4) is 5.75 Å². The standard InChI is InChI=1S/C11H14BrN3O2/c1-11(2,13)6-15-9(16)5-17-7-3-4-8(12)14-10(7)15/h3-4H,5-6,13H2,1-2H3. The fourth-order valence-corrected chi connectivity index (χ4v) is 1.92. The van der Waals surface area contributed by atoms with Crippen molar-refractivity contribution in [3.63, 3.8) is 0 Å². The number of fused-ring (bicyclic) bond motifs is 1. The molecule has 6 heteroatoms. The molecule has 0 saturated heterocycles. The SMILES string of the molecule is CC(C)(N)CN1C(=O)COc2ccc(Br)nc21. The van der Waals surface area contributed by atoms with E-state index in [2.05, 4.69) is 20.9 Å². The summed E-state index contributed by atoms with van der Waals surface area (Å²) in [5, 5.41) is 0. The number of carbonyl (C=O) groups excluding carboxylic acids is 1. The van der Waals surface area contributed by atoms with Crippen LogP contribution in [-0.2, 0) is 4.79 Å². The molecule has 0 atom stereocenters. The Bertz CT molecular complexity index is 457. The number of hydrogen-bond donors (Lipinski definition) is 1. The Morgan fingerprint density at radius 1 is 1.59 bits per heavy atom. The van der Waals surface area contributed by atoms with Crippen LogP contribution >= 0.6 is 15.9 Å². The molecule has 0 radical (unpaired) electrons. The summed E-state index contributed by atoms with van der Waals surface area (Å²) in [6.45, 7) is 4.18. The molecule has 1 aliphatic heterocycles. The van der Waals surface area contributed by atoms with Crippen LogP contribution in [0.25, 0.3) is 0 Å². The molecule has 92 valence electrons. The highest BCUT2D eigenvalue weighted by Crippen LogP contribution is 2.31. The number of anilines is 1. The molecule has 0 spiro atoms. The zero-order chi connectivity index (χ0) is 12.6. The number of carbonyl (C=O) groups is 1. The molecule has 17 heavy (non-hydrogen) atoms. The summed E-state index contributed by atoms with van der Waals surface area (Å²) >= 11 is 3.28. The summed E-state index contributed by atoms with van der Waals surface area (Å²) in [5.41, 5.74) is 5.47. The van der Waals surface area contributed by atoms with Gasteiger partial charge in [0.15, 0.2) is 18.2 Å². The lowest BCUT2D eigenvalue weighted by Gasteiger charge is -2.33. The molecule has 1 amide bonds. The Balaban J connectivity index is 2.39. The number of rotatable bonds is 2. The second-order valence-corrected chi connectivity index (χ2v) is 5.53. The number of ether oxygens (including phenoxy) is 1. The molecule has 0 aliphatic carbocycles. The highest BCUT2D eigenvalue weighted by Gasteiger charge is 2.30. The smallest absolute Gasteiger partial charge is 0.266 e. The first kappa shape index (κ1) is 12.3. The van der Waals surface area contributed by atoms with Gasteiger partial charge in [-0.15, -0.1) is 0 Å². The predicted octanol–water partition coefficient (Wildman–Crippen LogP) is 1.31. The third-order valence-corrected chi connectivity index (χ3v) is 2.72. The van der Waals surface area contributed by atoms with Crippen LogP contribution in [-0.4, -0.2) is 29.6 Å². The van der Waals surface area contributed by atoms with Crippen LogP contribution in [0.3, 0.4) is 0 Å². The maximum atomic E-state index is 11.8. The molecule has 2 N–H and O–H groups in total. The monoisotopic (exact) mass is 299 g/mol. The van der Waals surface area contributed by atoms with Gasteiger partial charge in [-0.25, -0.2) is 4.98 Å². The van der Waals surface area contributed by atoms with Gasteiger partial charge in [0.05, 0.1) is 0 Å². The lowest BCUT2D eigenvalue weighted by molar-refractivity contribution is -0.121. The van der Waals surface area contributed by atoms with Crippen molar-refractivity contribution in [2.24, 2.45) is 5.73 Å². The van der Waals surface area contributed by atoms with E-state index >= 15 is 0 Å². The van der Waals surface area contributed by atoms with Crippen molar-refractivity contribution in [2.45, 2.75) is 19.4 Å². The van der Waals surface area contributed by atoms with Crippen molar-refractivity contribution in [2.75, 3.05) is 18.1 Å². The van der Waals surface area contributed by atoms with Crippen molar-refractivity contribution >= 4 is 27.7 Å². The van der Waals surface area contributed by atoms with Crippen molar-refractivity contribution in [1.82, 2.24) is 4.98 Å². The minimum atomic E-state index is -0.478. The lowest BCUT2D eigenvalue weighted by Crippen LogP contribution is -2.50. The summed E-state index contributed by atoms with van der Waals surface area (Å²) in [6.07, 6.45) is 0. The van der Waals surface area contributed by atoms with E-state index in [1.807, 2.05) is 13.8 Å². The van der Waals surface area contributed by atoms with Crippen LogP contribution in [0.4, 0.5) is 5.82 Å². The third kappa shape index (κ3) is 2.76. The van der Waals surface area contributed by atoms with Gasteiger partial charge < -0.3 is 10.5 Å². The molecular weight excluding hydrogens is 286 g/mol. The van der Waals surface area contributed by atoms with E-state index in [1.165, 1.54) is 0 Å². The zero-order valence-corrected chi connectivity index (χ0v) is 11.3. The number of pyridine rings is 1. The van der Waals surface area contributed by atoms with Gasteiger partial charge in [-0.2, -0.15) is 0 Å². The topological polar surface area (TPSA) is 68.5 Å². The Hall–Kier alpha value is -1.14. The highest BCUT2D eigenvalue weighted by atomic mass is 79.9. The maximum absolute atomic E-state index is 11.8. The second kappa shape index (κ2) is 4.27. The largest absolute Gasteiger partial charge is 0.480 e. The van der Waals surface area contributed by atoms with Crippen LogP contribution < -0.4 is 15.4 Å². The van der Waals surface area contributed by atoms with Gasteiger partial charge in [-0.3, -0.25) is 9.69 Å². The van der Waals surface area contributed by atoms with E-state index < -0.39 is 5.54 Å². The Morgan fingerprint density at radius 2 is 2.29 bits per heavy atom. The minimum absolute atomic E-state index is 0.0341. The average Bonchev–Trinajstić information content (AvgIpc) is 2.21. The van der Waals surface area contributed by atoms with E-state index in [0.29, 0.717) is 22.7 Å². The Labute approximate surface area is 108 Å².